The summed E-state index contributed by atoms with van der Waals surface area (Å²) in [5.41, 5.74) is 1.23. The van der Waals surface area contributed by atoms with Crippen LogP contribution in [0.4, 0.5) is 0 Å². The highest BCUT2D eigenvalue weighted by molar-refractivity contribution is 7.09. The van der Waals surface area contributed by atoms with Crippen molar-refractivity contribution in [1.82, 2.24) is 20.4 Å². The van der Waals surface area contributed by atoms with Crippen LogP contribution in [0, 0.1) is 0 Å². The third-order valence-electron chi connectivity index (χ3n) is 2.78. The van der Waals surface area contributed by atoms with E-state index < -0.39 is 0 Å². The summed E-state index contributed by atoms with van der Waals surface area (Å²) in [7, 11) is 1.93. The maximum atomic E-state index is 4.58. The van der Waals surface area contributed by atoms with Gasteiger partial charge >= 0.3 is 0 Å². The van der Waals surface area contributed by atoms with Gasteiger partial charge in [0.15, 0.2) is 5.96 Å². The fourth-order valence-corrected chi connectivity index (χ4v) is 2.46. The Kier molecular flexibility index (Phi) is 5.61. The summed E-state index contributed by atoms with van der Waals surface area (Å²) in [5, 5.41) is 12.8. The van der Waals surface area contributed by atoms with Crippen molar-refractivity contribution in [1.29, 1.82) is 0 Å². The van der Waals surface area contributed by atoms with Crippen LogP contribution in [-0.2, 0) is 20.0 Å². The fourth-order valence-electron chi connectivity index (χ4n) is 1.83. The van der Waals surface area contributed by atoms with Crippen LogP contribution >= 0.6 is 11.3 Å². The SMILES string of the molecule is CCNC(=NCc1cccs1)NCCc1cnn(C)c1. The van der Waals surface area contributed by atoms with Gasteiger partial charge < -0.3 is 10.6 Å². The maximum absolute atomic E-state index is 4.58. The van der Waals surface area contributed by atoms with E-state index in [-0.39, 0.29) is 0 Å². The van der Waals surface area contributed by atoms with Crippen LogP contribution in [0.15, 0.2) is 34.9 Å². The molecule has 0 spiro atoms. The molecule has 2 N–H and O–H groups in total. The van der Waals surface area contributed by atoms with Crippen molar-refractivity contribution in [3.05, 3.63) is 40.3 Å². The zero-order valence-corrected chi connectivity index (χ0v) is 12.8. The minimum atomic E-state index is 0.722. The number of nitrogens with zero attached hydrogens (tertiary/aromatic N) is 3. The van der Waals surface area contributed by atoms with Gasteiger partial charge in [-0.05, 0) is 30.4 Å². The predicted octanol–water partition coefficient (Wildman–Crippen LogP) is 1.78. The van der Waals surface area contributed by atoms with Gasteiger partial charge in [-0.25, -0.2) is 4.99 Å². The summed E-state index contributed by atoms with van der Waals surface area (Å²) in [5.74, 6) is 0.866. The van der Waals surface area contributed by atoms with Crippen molar-refractivity contribution < 1.29 is 0 Å². The number of thiophene rings is 1. The number of hydrogen-bond donors (Lipinski definition) is 2. The number of nitrogens with one attached hydrogen (secondary N) is 2. The second-order valence-electron chi connectivity index (χ2n) is 4.47. The largest absolute Gasteiger partial charge is 0.357 e. The smallest absolute Gasteiger partial charge is 0.191 e. The average Bonchev–Trinajstić information content (AvgIpc) is 3.08. The lowest BCUT2D eigenvalue weighted by molar-refractivity contribution is 0.765. The summed E-state index contributed by atoms with van der Waals surface area (Å²) in [6.07, 6.45) is 4.88. The Bertz CT molecular complexity index is 530. The van der Waals surface area contributed by atoms with Gasteiger partial charge in [-0.2, -0.15) is 5.10 Å². The van der Waals surface area contributed by atoms with Gasteiger partial charge in [0.25, 0.3) is 0 Å². The molecule has 0 aliphatic heterocycles. The van der Waals surface area contributed by atoms with Gasteiger partial charge in [0.2, 0.25) is 0 Å². The Balaban J connectivity index is 1.80. The first-order valence-electron chi connectivity index (χ1n) is 6.80. The highest BCUT2D eigenvalue weighted by atomic mass is 32.1. The summed E-state index contributed by atoms with van der Waals surface area (Å²) in [6.45, 7) is 4.51. The third kappa shape index (κ3) is 4.70. The summed E-state index contributed by atoms with van der Waals surface area (Å²) < 4.78 is 1.82. The highest BCUT2D eigenvalue weighted by Gasteiger charge is 2.00. The molecule has 2 aromatic rings. The van der Waals surface area contributed by atoms with Crippen LogP contribution in [0.5, 0.6) is 0 Å². The number of hydrogen-bond acceptors (Lipinski definition) is 3. The van der Waals surface area contributed by atoms with Gasteiger partial charge in [-0.3, -0.25) is 4.68 Å². The topological polar surface area (TPSA) is 54.2 Å². The molecule has 0 unspecified atom stereocenters. The molecule has 6 heteroatoms. The van der Waals surface area contributed by atoms with Crippen molar-refractivity contribution in [2.45, 2.75) is 19.9 Å². The molecule has 0 amide bonds. The first-order chi connectivity index (χ1) is 9.78. The minimum absolute atomic E-state index is 0.722. The van der Waals surface area contributed by atoms with E-state index in [1.165, 1.54) is 10.4 Å². The molecule has 5 nitrogen and oxygen atoms in total. The number of aryl methyl sites for hydroxylation is 1. The Morgan fingerprint density at radius 1 is 1.45 bits per heavy atom. The molecule has 0 radical (unpaired) electrons. The molecule has 0 aromatic carbocycles. The molecular formula is C14H21N5S. The second-order valence-corrected chi connectivity index (χ2v) is 5.51. The maximum Gasteiger partial charge on any atom is 0.191 e. The van der Waals surface area contributed by atoms with Crippen molar-refractivity contribution in [2.75, 3.05) is 13.1 Å². The van der Waals surface area contributed by atoms with Gasteiger partial charge in [0.05, 0.1) is 12.7 Å². The second kappa shape index (κ2) is 7.69. The van der Waals surface area contributed by atoms with Crippen molar-refractivity contribution in [3.63, 3.8) is 0 Å². The molecule has 0 fully saturated rings. The van der Waals surface area contributed by atoms with E-state index in [2.05, 4.69) is 45.2 Å². The van der Waals surface area contributed by atoms with E-state index in [0.29, 0.717) is 0 Å². The van der Waals surface area contributed by atoms with E-state index >= 15 is 0 Å². The van der Waals surface area contributed by atoms with E-state index in [4.69, 9.17) is 0 Å². The van der Waals surface area contributed by atoms with Crippen LogP contribution in [0.2, 0.25) is 0 Å². The van der Waals surface area contributed by atoms with Crippen molar-refractivity contribution in [3.8, 4) is 0 Å². The number of rotatable bonds is 6. The normalized spacial score (nSPS) is 11.6. The molecule has 20 heavy (non-hydrogen) atoms. The molecule has 2 aromatic heterocycles. The van der Waals surface area contributed by atoms with E-state index in [1.54, 1.807) is 11.3 Å². The lowest BCUT2D eigenvalue weighted by Gasteiger charge is -2.10. The monoisotopic (exact) mass is 291 g/mol. The predicted molar refractivity (Wildman–Crippen MR) is 84.0 cm³/mol. The molecule has 0 aliphatic carbocycles. The molecule has 2 heterocycles. The van der Waals surface area contributed by atoms with Gasteiger partial charge in [0, 0.05) is 31.2 Å². The first-order valence-corrected chi connectivity index (χ1v) is 7.68. The minimum Gasteiger partial charge on any atom is -0.357 e. The summed E-state index contributed by atoms with van der Waals surface area (Å²) in [6, 6.07) is 4.16. The average molecular weight is 291 g/mol. The zero-order valence-electron chi connectivity index (χ0n) is 12.0. The van der Waals surface area contributed by atoms with Gasteiger partial charge in [-0.1, -0.05) is 6.07 Å². The highest BCUT2D eigenvalue weighted by Crippen LogP contribution is 2.09. The van der Waals surface area contributed by atoms with E-state index in [0.717, 1.165) is 32.0 Å². The lowest BCUT2D eigenvalue weighted by Crippen LogP contribution is -2.38. The van der Waals surface area contributed by atoms with E-state index in [9.17, 15) is 0 Å². The van der Waals surface area contributed by atoms with Gasteiger partial charge in [0.1, 0.15) is 0 Å². The lowest BCUT2D eigenvalue weighted by atomic mass is 10.2. The van der Waals surface area contributed by atoms with Crippen LogP contribution in [-0.4, -0.2) is 28.8 Å². The van der Waals surface area contributed by atoms with Crippen LogP contribution < -0.4 is 10.6 Å². The van der Waals surface area contributed by atoms with Crippen LogP contribution in [0.25, 0.3) is 0 Å². The Hall–Kier alpha value is -1.82. The van der Waals surface area contributed by atoms with Crippen LogP contribution in [0.1, 0.15) is 17.4 Å². The summed E-state index contributed by atoms with van der Waals surface area (Å²) in [4.78, 5) is 5.85. The molecule has 0 saturated heterocycles. The Morgan fingerprint density at radius 2 is 2.35 bits per heavy atom. The molecule has 2 rings (SSSR count). The standard InChI is InChI=1S/C14H21N5S/c1-3-15-14(17-10-13-5-4-8-20-13)16-7-6-12-9-18-19(2)11-12/h4-5,8-9,11H,3,6-7,10H2,1-2H3,(H2,15,16,17). The molecule has 108 valence electrons. The first kappa shape index (κ1) is 14.6. The fraction of sp³-hybridized carbons (Fsp3) is 0.429. The number of aromatic nitrogens is 2. The van der Waals surface area contributed by atoms with Crippen LogP contribution in [0.3, 0.4) is 0 Å². The number of aliphatic imine (C=N–C) groups is 1. The van der Waals surface area contributed by atoms with E-state index in [1.807, 2.05) is 24.1 Å². The molecule has 0 aliphatic rings. The summed E-state index contributed by atoms with van der Waals surface area (Å²) >= 11 is 1.73. The molecule has 0 bridgehead atoms. The van der Waals surface area contributed by atoms with Crippen molar-refractivity contribution in [2.24, 2.45) is 12.0 Å². The van der Waals surface area contributed by atoms with Gasteiger partial charge in [-0.15, -0.1) is 11.3 Å². The Labute approximate surface area is 123 Å². The molecule has 0 atom stereocenters. The number of guanidine groups is 1. The molecule has 0 saturated carbocycles. The quantitative estimate of drug-likeness (QED) is 0.630. The zero-order chi connectivity index (χ0) is 14.2. The third-order valence-corrected chi connectivity index (χ3v) is 3.64. The Morgan fingerprint density at radius 3 is 3.00 bits per heavy atom. The van der Waals surface area contributed by atoms with Crippen molar-refractivity contribution >= 4 is 17.3 Å². The molecular weight excluding hydrogens is 270 g/mol.